The fourth-order valence-electron chi connectivity index (χ4n) is 1.95. The second kappa shape index (κ2) is 6.16. The number of methoxy groups -OCH3 is 2. The summed E-state index contributed by atoms with van der Waals surface area (Å²) in [5.74, 6) is 0.585. The van der Waals surface area contributed by atoms with E-state index in [1.807, 2.05) is 30.3 Å². The van der Waals surface area contributed by atoms with Crippen molar-refractivity contribution in [3.8, 4) is 5.75 Å². The van der Waals surface area contributed by atoms with Gasteiger partial charge in [0.05, 0.1) is 7.11 Å². The molecule has 0 bridgehead atoms. The van der Waals surface area contributed by atoms with Crippen molar-refractivity contribution in [3.63, 3.8) is 0 Å². The van der Waals surface area contributed by atoms with Gasteiger partial charge in [-0.05, 0) is 17.7 Å². The maximum atomic E-state index is 12.5. The summed E-state index contributed by atoms with van der Waals surface area (Å²) in [5.41, 5.74) is 1.42. The van der Waals surface area contributed by atoms with Crippen molar-refractivity contribution in [2.24, 2.45) is 0 Å². The average Bonchev–Trinajstić information content (AvgIpc) is 2.49. The maximum absolute atomic E-state index is 12.5. The second-order valence-electron chi connectivity index (χ2n) is 4.12. The predicted octanol–water partition coefficient (Wildman–Crippen LogP) is 3.27. The van der Waals surface area contributed by atoms with Gasteiger partial charge in [0.25, 0.3) is 0 Å². The lowest BCUT2D eigenvalue weighted by atomic mass is 10.00. The van der Waals surface area contributed by atoms with Crippen LogP contribution in [0.15, 0.2) is 54.6 Å². The van der Waals surface area contributed by atoms with Gasteiger partial charge in [-0.1, -0.05) is 42.5 Å². The molecule has 19 heavy (non-hydrogen) atoms. The van der Waals surface area contributed by atoms with E-state index in [0.29, 0.717) is 11.3 Å². The maximum Gasteiger partial charge on any atom is 0.196 e. The van der Waals surface area contributed by atoms with Gasteiger partial charge in [-0.15, -0.1) is 0 Å². The first-order chi connectivity index (χ1) is 9.26. The molecule has 0 radical (unpaired) electrons. The van der Waals surface area contributed by atoms with Crippen LogP contribution in [0, 0.1) is 0 Å². The standard InChI is InChI=1S/C16H16O3/c1-18-14-10-6-9-13(11-14)15(17)16(19-2)12-7-4-3-5-8-12/h3-11,16H,1-2H3/t16-/m0/s1. The molecule has 0 amide bonds. The SMILES string of the molecule is COc1cccc(C(=O)[C@@H](OC)c2ccccc2)c1. The minimum Gasteiger partial charge on any atom is -0.497 e. The molecule has 0 heterocycles. The van der Waals surface area contributed by atoms with Crippen LogP contribution in [-0.4, -0.2) is 20.0 Å². The van der Waals surface area contributed by atoms with Gasteiger partial charge in [0.1, 0.15) is 11.9 Å². The molecule has 0 aliphatic heterocycles. The molecule has 0 aromatic heterocycles. The number of benzene rings is 2. The number of Topliss-reactive ketones (excluding diaryl/α,β-unsaturated/α-hetero) is 1. The number of ether oxygens (including phenoxy) is 2. The monoisotopic (exact) mass is 256 g/mol. The fraction of sp³-hybridized carbons (Fsp3) is 0.188. The molecular formula is C16H16O3. The van der Waals surface area contributed by atoms with Crippen LogP contribution >= 0.6 is 0 Å². The Kier molecular flexibility index (Phi) is 4.31. The third kappa shape index (κ3) is 3.01. The molecule has 3 heteroatoms. The Bertz CT molecular complexity index is 549. The van der Waals surface area contributed by atoms with E-state index in [2.05, 4.69) is 0 Å². The molecule has 0 aliphatic carbocycles. The first-order valence-electron chi connectivity index (χ1n) is 6.02. The van der Waals surface area contributed by atoms with Crippen LogP contribution in [0.25, 0.3) is 0 Å². The summed E-state index contributed by atoms with van der Waals surface area (Å²) < 4.78 is 10.5. The number of rotatable bonds is 5. The Morgan fingerprint density at radius 2 is 1.74 bits per heavy atom. The Hall–Kier alpha value is -2.13. The lowest BCUT2D eigenvalue weighted by Gasteiger charge is -2.15. The summed E-state index contributed by atoms with van der Waals surface area (Å²) in [4.78, 5) is 12.5. The summed E-state index contributed by atoms with van der Waals surface area (Å²) in [6, 6.07) is 16.5. The zero-order chi connectivity index (χ0) is 13.7. The molecule has 0 spiro atoms. The number of hydrogen-bond donors (Lipinski definition) is 0. The first-order valence-corrected chi connectivity index (χ1v) is 6.02. The molecule has 0 saturated heterocycles. The minimum absolute atomic E-state index is 0.0763. The van der Waals surface area contributed by atoms with Crippen LogP contribution in [-0.2, 0) is 4.74 Å². The van der Waals surface area contributed by atoms with Crippen LogP contribution < -0.4 is 4.74 Å². The van der Waals surface area contributed by atoms with Crippen LogP contribution in [0.4, 0.5) is 0 Å². The van der Waals surface area contributed by atoms with Gasteiger partial charge < -0.3 is 9.47 Å². The van der Waals surface area contributed by atoms with E-state index in [1.54, 1.807) is 31.4 Å². The molecule has 0 fully saturated rings. The van der Waals surface area contributed by atoms with Crippen molar-refractivity contribution in [2.75, 3.05) is 14.2 Å². The second-order valence-corrected chi connectivity index (χ2v) is 4.12. The van der Waals surface area contributed by atoms with Crippen molar-refractivity contribution in [1.29, 1.82) is 0 Å². The normalized spacial score (nSPS) is 11.9. The van der Waals surface area contributed by atoms with Crippen molar-refractivity contribution in [3.05, 3.63) is 65.7 Å². The Balaban J connectivity index is 2.30. The number of ketones is 1. The van der Waals surface area contributed by atoms with Crippen molar-refractivity contribution in [1.82, 2.24) is 0 Å². The highest BCUT2D eigenvalue weighted by molar-refractivity contribution is 6.00. The van der Waals surface area contributed by atoms with Gasteiger partial charge in [-0.25, -0.2) is 0 Å². The van der Waals surface area contributed by atoms with Gasteiger partial charge >= 0.3 is 0 Å². The molecule has 0 unspecified atom stereocenters. The summed E-state index contributed by atoms with van der Waals surface area (Å²) in [5, 5.41) is 0. The number of hydrogen-bond acceptors (Lipinski definition) is 3. The van der Waals surface area contributed by atoms with E-state index >= 15 is 0 Å². The van der Waals surface area contributed by atoms with E-state index in [-0.39, 0.29) is 5.78 Å². The molecule has 3 nitrogen and oxygen atoms in total. The lowest BCUT2D eigenvalue weighted by molar-refractivity contribution is 0.0604. The highest BCUT2D eigenvalue weighted by atomic mass is 16.5. The Morgan fingerprint density at radius 3 is 2.37 bits per heavy atom. The van der Waals surface area contributed by atoms with E-state index in [1.165, 1.54) is 7.11 Å². The highest BCUT2D eigenvalue weighted by Crippen LogP contribution is 2.23. The molecule has 2 rings (SSSR count). The van der Waals surface area contributed by atoms with Crippen LogP contribution in [0.3, 0.4) is 0 Å². The van der Waals surface area contributed by atoms with Gasteiger partial charge in [-0.2, -0.15) is 0 Å². The lowest BCUT2D eigenvalue weighted by Crippen LogP contribution is -2.14. The van der Waals surface area contributed by atoms with Crippen LogP contribution in [0.1, 0.15) is 22.0 Å². The molecule has 1 atom stereocenters. The topological polar surface area (TPSA) is 35.5 Å². The zero-order valence-corrected chi connectivity index (χ0v) is 11.0. The third-order valence-corrected chi connectivity index (χ3v) is 2.93. The van der Waals surface area contributed by atoms with Gasteiger partial charge in [0.2, 0.25) is 0 Å². The third-order valence-electron chi connectivity index (χ3n) is 2.93. The van der Waals surface area contributed by atoms with Gasteiger partial charge in [0, 0.05) is 12.7 Å². The van der Waals surface area contributed by atoms with E-state index in [0.717, 1.165) is 5.56 Å². The van der Waals surface area contributed by atoms with Crippen molar-refractivity contribution < 1.29 is 14.3 Å². The first kappa shape index (κ1) is 13.3. The van der Waals surface area contributed by atoms with E-state index in [9.17, 15) is 4.79 Å². The molecule has 0 N–H and O–H groups in total. The largest absolute Gasteiger partial charge is 0.497 e. The van der Waals surface area contributed by atoms with Crippen LogP contribution in [0.5, 0.6) is 5.75 Å². The average molecular weight is 256 g/mol. The highest BCUT2D eigenvalue weighted by Gasteiger charge is 2.21. The minimum atomic E-state index is -0.590. The van der Waals surface area contributed by atoms with E-state index in [4.69, 9.17) is 9.47 Å². The summed E-state index contributed by atoms with van der Waals surface area (Å²) in [6.45, 7) is 0. The van der Waals surface area contributed by atoms with Crippen molar-refractivity contribution in [2.45, 2.75) is 6.10 Å². The van der Waals surface area contributed by atoms with E-state index < -0.39 is 6.10 Å². The summed E-state index contributed by atoms with van der Waals surface area (Å²) in [6.07, 6.45) is -0.590. The molecule has 0 aliphatic rings. The Labute approximate surface area is 112 Å². The van der Waals surface area contributed by atoms with Gasteiger partial charge in [-0.3, -0.25) is 4.79 Å². The molecular weight excluding hydrogens is 240 g/mol. The smallest absolute Gasteiger partial charge is 0.196 e. The fourth-order valence-corrected chi connectivity index (χ4v) is 1.95. The molecule has 98 valence electrons. The molecule has 2 aromatic rings. The molecule has 2 aromatic carbocycles. The molecule has 0 saturated carbocycles. The zero-order valence-electron chi connectivity index (χ0n) is 11.0. The Morgan fingerprint density at radius 1 is 1.00 bits per heavy atom. The quantitative estimate of drug-likeness (QED) is 0.770. The van der Waals surface area contributed by atoms with Gasteiger partial charge in [0.15, 0.2) is 5.78 Å². The predicted molar refractivity (Wildman–Crippen MR) is 73.5 cm³/mol. The summed E-state index contributed by atoms with van der Waals surface area (Å²) >= 11 is 0. The number of carbonyl (C=O) groups is 1. The number of carbonyl (C=O) groups excluding carboxylic acids is 1. The summed E-state index contributed by atoms with van der Waals surface area (Å²) in [7, 11) is 3.12. The van der Waals surface area contributed by atoms with Crippen molar-refractivity contribution >= 4 is 5.78 Å². The van der Waals surface area contributed by atoms with Crippen LogP contribution in [0.2, 0.25) is 0 Å².